The normalized spacial score (nSPS) is 32.6. The van der Waals surface area contributed by atoms with Gasteiger partial charge >= 0.3 is 0 Å². The van der Waals surface area contributed by atoms with Crippen LogP contribution in [0.1, 0.15) is 92.9 Å². The number of benzene rings is 3. The number of rotatable bonds is 7. The summed E-state index contributed by atoms with van der Waals surface area (Å²) < 4.78 is 0. The zero-order chi connectivity index (χ0) is 35.8. The quantitative estimate of drug-likeness (QED) is 0.278. The van der Waals surface area contributed by atoms with Crippen LogP contribution in [0.25, 0.3) is 0 Å². The summed E-state index contributed by atoms with van der Waals surface area (Å²) >= 11 is 0. The van der Waals surface area contributed by atoms with Gasteiger partial charge in [0.05, 0.1) is 11.5 Å². The van der Waals surface area contributed by atoms with Crippen LogP contribution < -0.4 is 0 Å². The van der Waals surface area contributed by atoms with Crippen LogP contribution in [0.15, 0.2) is 72.8 Å². The third-order valence-corrected chi connectivity index (χ3v) is 13.0. The monoisotopic (exact) mass is 662 g/mol. The van der Waals surface area contributed by atoms with Crippen LogP contribution in [0.4, 0.5) is 0 Å². The van der Waals surface area contributed by atoms with Gasteiger partial charge in [-0.3, -0.25) is 24.0 Å². The van der Waals surface area contributed by atoms with Crippen molar-refractivity contribution in [3.63, 3.8) is 0 Å². The van der Waals surface area contributed by atoms with Crippen molar-refractivity contribution in [2.75, 3.05) is 0 Å². The second-order valence-electron chi connectivity index (χ2n) is 15.5. The predicted octanol–water partition coefficient (Wildman–Crippen LogP) is 6.47. The number of ketones is 5. The van der Waals surface area contributed by atoms with Gasteiger partial charge in [0.25, 0.3) is 0 Å². The maximum Gasteiger partial charge on any atom is 0.190 e. The maximum absolute atomic E-state index is 14.9. The van der Waals surface area contributed by atoms with E-state index in [1.807, 2.05) is 93.6 Å². The number of carbonyl (C=O) groups excluding carboxylic acids is 5. The molecule has 256 valence electrons. The Balaban J connectivity index is 1.53. The molecule has 0 saturated heterocycles. The summed E-state index contributed by atoms with van der Waals surface area (Å²) in [5.74, 6) is -10.3. The maximum atomic E-state index is 14.9. The molecule has 2 fully saturated rings. The minimum Gasteiger partial charge on any atom is -0.507 e. The van der Waals surface area contributed by atoms with Gasteiger partial charge in [0.1, 0.15) is 17.5 Å². The number of aromatic hydroxyl groups is 1. The van der Waals surface area contributed by atoms with Crippen LogP contribution in [0.2, 0.25) is 0 Å². The Hall–Kier alpha value is -4.23. The molecular weight excluding hydrogens is 616 g/mol. The first-order chi connectivity index (χ1) is 23.0. The Morgan fingerprint density at radius 1 is 0.816 bits per heavy atom. The molecule has 3 aromatic carbocycles. The van der Waals surface area contributed by atoms with Gasteiger partial charge in [-0.2, -0.15) is 0 Å². The summed E-state index contributed by atoms with van der Waals surface area (Å²) in [5, 5.41) is 24.6. The van der Waals surface area contributed by atoms with E-state index < -0.39 is 80.9 Å². The van der Waals surface area contributed by atoms with E-state index in [1.165, 1.54) is 0 Å². The molecule has 3 aliphatic carbocycles. The van der Waals surface area contributed by atoms with E-state index >= 15 is 0 Å². The van der Waals surface area contributed by atoms with Gasteiger partial charge in [-0.05, 0) is 71.1 Å². The average Bonchev–Trinajstić information content (AvgIpc) is 3.05. The Morgan fingerprint density at radius 2 is 1.35 bits per heavy atom. The molecule has 0 amide bonds. The number of aliphatic hydroxyl groups is 1. The summed E-state index contributed by atoms with van der Waals surface area (Å²) in [6.45, 7) is 11.9. The highest BCUT2D eigenvalue weighted by molar-refractivity contribution is 6.32. The SMILES string of the molecule is CC(=O)C1C(=O)C(C(C)C)[C@@]2(C)[C@H](C)[C@]3(C)C(C(=O)c4c(ccc(C(Cc5ccccc5)Cc5ccccc5)c4O)[C@H]3C)C(=O)[C@@]2(O)C1=O. The number of phenolic OH excluding ortho intramolecular Hbond substituents is 1. The number of hydrogen-bond acceptors (Lipinski definition) is 7. The lowest BCUT2D eigenvalue weighted by molar-refractivity contribution is -0.222. The van der Waals surface area contributed by atoms with E-state index in [0.29, 0.717) is 24.0 Å². The molecule has 0 radical (unpaired) electrons. The molecule has 0 aliphatic heterocycles. The second kappa shape index (κ2) is 12.0. The summed E-state index contributed by atoms with van der Waals surface area (Å²) in [5.41, 5.74) is -2.13. The molecular formula is C42H46O7. The van der Waals surface area contributed by atoms with Gasteiger partial charge in [0, 0.05) is 11.3 Å². The Morgan fingerprint density at radius 3 is 1.84 bits per heavy atom. The van der Waals surface area contributed by atoms with Crippen LogP contribution in [0, 0.1) is 40.4 Å². The highest BCUT2D eigenvalue weighted by atomic mass is 16.3. The van der Waals surface area contributed by atoms with E-state index in [1.54, 1.807) is 20.8 Å². The fourth-order valence-electron chi connectivity index (χ4n) is 10.2. The van der Waals surface area contributed by atoms with E-state index in [9.17, 15) is 34.2 Å². The zero-order valence-electron chi connectivity index (χ0n) is 29.3. The molecule has 2 saturated carbocycles. The van der Waals surface area contributed by atoms with Crippen LogP contribution in [-0.2, 0) is 32.0 Å². The standard InChI is InChI=1S/C42H46O7/c1-22(2)33-36(45)31(24(4)43)38(47)42(49)39(48)34-37(46)32-29(23(3)40(34,6)25(5)41(33,42)7)18-19-30(35(32)44)28(20-26-14-10-8-11-15-26)21-27-16-12-9-13-17-27/h8-19,22-23,25,28,31,33-34,44,49H,20-21H2,1-7H3/t23-,25-,31?,33?,34?,40-,41-,42+/m1/s1. The van der Waals surface area contributed by atoms with Crippen molar-refractivity contribution in [1.82, 2.24) is 0 Å². The molecule has 49 heavy (non-hydrogen) atoms. The minimum atomic E-state index is -2.75. The van der Waals surface area contributed by atoms with Gasteiger partial charge in [-0.25, -0.2) is 0 Å². The fourth-order valence-corrected chi connectivity index (χ4v) is 10.2. The molecule has 3 unspecified atom stereocenters. The number of Topliss-reactive ketones (excluding diaryl/α,β-unsaturated/α-hetero) is 5. The molecule has 6 rings (SSSR count). The largest absolute Gasteiger partial charge is 0.507 e. The summed E-state index contributed by atoms with van der Waals surface area (Å²) in [6.07, 6.45) is 1.18. The van der Waals surface area contributed by atoms with Gasteiger partial charge in [-0.15, -0.1) is 0 Å². The van der Waals surface area contributed by atoms with Crippen molar-refractivity contribution < 1.29 is 34.2 Å². The van der Waals surface area contributed by atoms with Crippen LogP contribution in [0.3, 0.4) is 0 Å². The third kappa shape index (κ3) is 4.68. The molecule has 2 N–H and O–H groups in total. The van der Waals surface area contributed by atoms with Gasteiger partial charge in [0.15, 0.2) is 28.7 Å². The van der Waals surface area contributed by atoms with E-state index in [-0.39, 0.29) is 17.2 Å². The van der Waals surface area contributed by atoms with Crippen molar-refractivity contribution in [3.05, 3.63) is 101 Å². The number of hydrogen-bond donors (Lipinski definition) is 2. The van der Waals surface area contributed by atoms with Crippen molar-refractivity contribution >= 4 is 28.9 Å². The van der Waals surface area contributed by atoms with Crippen molar-refractivity contribution in [2.45, 2.75) is 78.7 Å². The molecule has 3 aliphatic rings. The zero-order valence-corrected chi connectivity index (χ0v) is 29.3. The van der Waals surface area contributed by atoms with E-state index in [2.05, 4.69) is 0 Å². The Bertz CT molecular complexity index is 1820. The molecule has 0 heterocycles. The Labute approximate surface area is 288 Å². The first-order valence-corrected chi connectivity index (χ1v) is 17.4. The first-order valence-electron chi connectivity index (χ1n) is 17.4. The van der Waals surface area contributed by atoms with E-state index in [0.717, 1.165) is 18.1 Å². The van der Waals surface area contributed by atoms with Gasteiger partial charge < -0.3 is 10.2 Å². The summed E-state index contributed by atoms with van der Waals surface area (Å²) in [6, 6.07) is 23.6. The Kier molecular flexibility index (Phi) is 8.46. The van der Waals surface area contributed by atoms with Crippen molar-refractivity contribution in [3.8, 4) is 5.75 Å². The number of fused-ring (bicyclic) bond motifs is 3. The molecule has 3 aromatic rings. The topological polar surface area (TPSA) is 126 Å². The van der Waals surface area contributed by atoms with Gasteiger partial charge in [0.2, 0.25) is 0 Å². The second-order valence-corrected chi connectivity index (χ2v) is 15.5. The molecule has 7 nitrogen and oxygen atoms in total. The lowest BCUT2D eigenvalue weighted by atomic mass is 9.35. The molecule has 0 bridgehead atoms. The van der Waals surface area contributed by atoms with Crippen LogP contribution >= 0.6 is 0 Å². The molecule has 7 heteroatoms. The smallest absolute Gasteiger partial charge is 0.190 e. The molecule has 0 spiro atoms. The lowest BCUT2D eigenvalue weighted by Gasteiger charge is -2.66. The minimum absolute atomic E-state index is 0.0363. The van der Waals surface area contributed by atoms with E-state index in [4.69, 9.17) is 0 Å². The van der Waals surface area contributed by atoms with Crippen molar-refractivity contribution in [1.29, 1.82) is 0 Å². The number of carbonyl (C=O) groups is 5. The molecule has 0 aromatic heterocycles. The first kappa shape index (κ1) is 34.6. The predicted molar refractivity (Wildman–Crippen MR) is 185 cm³/mol. The summed E-state index contributed by atoms with van der Waals surface area (Å²) in [4.78, 5) is 70.6. The highest BCUT2D eigenvalue weighted by Crippen LogP contribution is 2.69. The molecule has 8 atom stereocenters. The van der Waals surface area contributed by atoms with Crippen molar-refractivity contribution in [2.24, 2.45) is 40.4 Å². The lowest BCUT2D eigenvalue weighted by Crippen LogP contribution is -2.79. The third-order valence-electron chi connectivity index (χ3n) is 13.0. The summed E-state index contributed by atoms with van der Waals surface area (Å²) in [7, 11) is 0. The van der Waals surface area contributed by atoms with Gasteiger partial charge in [-0.1, -0.05) is 114 Å². The number of phenols is 1. The van der Waals surface area contributed by atoms with Crippen LogP contribution in [-0.4, -0.2) is 44.7 Å². The average molecular weight is 663 g/mol. The van der Waals surface area contributed by atoms with Crippen LogP contribution in [0.5, 0.6) is 5.75 Å². The highest BCUT2D eigenvalue weighted by Gasteiger charge is 2.79. The fraction of sp³-hybridized carbons (Fsp3) is 0.452.